The molecule has 7 nitrogen and oxygen atoms in total. The number of aliphatic carboxylic acids is 1. The lowest BCUT2D eigenvalue weighted by atomic mass is 10.1. The van der Waals surface area contributed by atoms with E-state index in [1.165, 1.54) is 23.5 Å². The number of hydrogen-bond acceptors (Lipinski definition) is 5. The minimum absolute atomic E-state index is 0.0168. The van der Waals surface area contributed by atoms with Crippen molar-refractivity contribution in [3.05, 3.63) is 53.6 Å². The maximum Gasteiger partial charge on any atom is 0.307 e. The van der Waals surface area contributed by atoms with Crippen LogP contribution in [-0.4, -0.2) is 57.1 Å². The van der Waals surface area contributed by atoms with Crippen LogP contribution in [-0.2, 0) is 21.2 Å². The van der Waals surface area contributed by atoms with Crippen LogP contribution in [0.3, 0.4) is 0 Å². The average Bonchev–Trinajstić information content (AvgIpc) is 2.94. The highest BCUT2D eigenvalue weighted by atomic mass is 32.2. The molecule has 3 rings (SSSR count). The first-order valence-electron chi connectivity index (χ1n) is 9.52. The normalized spacial score (nSPS) is 15.7. The van der Waals surface area contributed by atoms with Gasteiger partial charge in [-0.25, -0.2) is 8.42 Å². The highest BCUT2D eigenvalue weighted by molar-refractivity contribution is 7.89. The fraction of sp³-hybridized carbons (Fsp3) is 0.381. The maximum atomic E-state index is 13.3. The predicted octanol–water partition coefficient (Wildman–Crippen LogP) is 2.53. The third-order valence-corrected chi connectivity index (χ3v) is 7.03. The Morgan fingerprint density at radius 2 is 1.86 bits per heavy atom. The van der Waals surface area contributed by atoms with Crippen molar-refractivity contribution in [2.75, 3.05) is 38.2 Å². The fourth-order valence-corrected chi connectivity index (χ4v) is 5.32. The van der Waals surface area contributed by atoms with Gasteiger partial charge in [-0.3, -0.25) is 4.79 Å². The van der Waals surface area contributed by atoms with Gasteiger partial charge < -0.3 is 14.7 Å². The van der Waals surface area contributed by atoms with E-state index in [-0.39, 0.29) is 17.1 Å². The zero-order valence-electron chi connectivity index (χ0n) is 16.7. The van der Waals surface area contributed by atoms with Gasteiger partial charge >= 0.3 is 5.97 Å². The lowest BCUT2D eigenvalue weighted by Gasteiger charge is -2.25. The molecular weight excluding hydrogens is 392 g/mol. The Morgan fingerprint density at radius 3 is 2.55 bits per heavy atom. The first kappa shape index (κ1) is 21.1. The minimum Gasteiger partial charge on any atom is -0.495 e. The molecule has 2 aromatic rings. The van der Waals surface area contributed by atoms with E-state index in [2.05, 4.69) is 11.0 Å². The number of ether oxygens (including phenoxy) is 1. The molecule has 0 amide bonds. The van der Waals surface area contributed by atoms with E-state index in [1.807, 2.05) is 25.1 Å². The average molecular weight is 419 g/mol. The molecule has 1 aliphatic rings. The van der Waals surface area contributed by atoms with Crippen LogP contribution in [0.25, 0.3) is 0 Å². The first-order chi connectivity index (χ1) is 13.8. The van der Waals surface area contributed by atoms with Crippen LogP contribution in [0.4, 0.5) is 5.69 Å². The van der Waals surface area contributed by atoms with Crippen molar-refractivity contribution >= 4 is 21.7 Å². The maximum absolute atomic E-state index is 13.3. The Labute approximate surface area is 171 Å². The summed E-state index contributed by atoms with van der Waals surface area (Å²) in [5.74, 6) is -0.790. The van der Waals surface area contributed by atoms with Crippen LogP contribution in [0.1, 0.15) is 17.5 Å². The Bertz CT molecular complexity index is 990. The Kier molecular flexibility index (Phi) is 6.44. The van der Waals surface area contributed by atoms with Crippen molar-refractivity contribution in [3.8, 4) is 5.75 Å². The van der Waals surface area contributed by atoms with Crippen molar-refractivity contribution < 1.29 is 23.1 Å². The van der Waals surface area contributed by atoms with Gasteiger partial charge in [0, 0.05) is 31.9 Å². The molecule has 1 aliphatic heterocycles. The second-order valence-electron chi connectivity index (χ2n) is 7.09. The summed E-state index contributed by atoms with van der Waals surface area (Å²) >= 11 is 0. The van der Waals surface area contributed by atoms with Crippen molar-refractivity contribution in [1.82, 2.24) is 4.31 Å². The van der Waals surface area contributed by atoms with Crippen LogP contribution in [0.15, 0.2) is 47.4 Å². The van der Waals surface area contributed by atoms with Crippen LogP contribution in [0, 0.1) is 6.92 Å². The molecule has 0 saturated carbocycles. The van der Waals surface area contributed by atoms with Gasteiger partial charge in [-0.05, 0) is 42.7 Å². The summed E-state index contributed by atoms with van der Waals surface area (Å²) in [6.07, 6.45) is 0.457. The minimum atomic E-state index is -3.81. The highest BCUT2D eigenvalue weighted by Crippen LogP contribution is 2.29. The monoisotopic (exact) mass is 418 g/mol. The van der Waals surface area contributed by atoms with Crippen LogP contribution >= 0.6 is 0 Å². The van der Waals surface area contributed by atoms with Gasteiger partial charge in [0.25, 0.3) is 0 Å². The number of anilines is 1. The Hall–Kier alpha value is -2.58. The molecular formula is C21H26N2O5S. The topological polar surface area (TPSA) is 87.1 Å². The standard InChI is InChI=1S/C21H26N2O5S/c1-16-6-3-4-7-18(16)22-10-5-11-23(13-12-22)29(26,27)20-14-17(15-21(24)25)8-9-19(20)28-2/h3-4,6-9,14H,5,10-13,15H2,1-2H3,(H,24,25). The predicted molar refractivity (Wildman–Crippen MR) is 111 cm³/mol. The Morgan fingerprint density at radius 1 is 1.10 bits per heavy atom. The van der Waals surface area contributed by atoms with Crippen molar-refractivity contribution in [2.45, 2.75) is 24.7 Å². The molecule has 0 aromatic heterocycles. The summed E-state index contributed by atoms with van der Waals surface area (Å²) in [6, 6.07) is 12.6. The van der Waals surface area contributed by atoms with E-state index in [0.29, 0.717) is 31.6 Å². The zero-order chi connectivity index (χ0) is 21.0. The number of carboxylic acids is 1. The molecule has 2 aromatic carbocycles. The smallest absolute Gasteiger partial charge is 0.307 e. The van der Waals surface area contributed by atoms with Gasteiger partial charge in [0.15, 0.2) is 0 Å². The molecule has 1 fully saturated rings. The van der Waals surface area contributed by atoms with Crippen LogP contribution in [0.5, 0.6) is 5.75 Å². The number of benzene rings is 2. The highest BCUT2D eigenvalue weighted by Gasteiger charge is 2.30. The van der Waals surface area contributed by atoms with Crippen LogP contribution in [0.2, 0.25) is 0 Å². The second-order valence-corrected chi connectivity index (χ2v) is 8.99. The molecule has 0 radical (unpaired) electrons. The molecule has 0 aliphatic carbocycles. The number of carboxylic acid groups (broad SMARTS) is 1. The lowest BCUT2D eigenvalue weighted by molar-refractivity contribution is -0.136. The van der Waals surface area contributed by atoms with E-state index in [0.717, 1.165) is 17.8 Å². The first-order valence-corrected chi connectivity index (χ1v) is 11.0. The van der Waals surface area contributed by atoms with E-state index in [1.54, 1.807) is 6.07 Å². The third kappa shape index (κ3) is 4.71. The van der Waals surface area contributed by atoms with Gasteiger partial charge in [0.1, 0.15) is 10.6 Å². The summed E-state index contributed by atoms with van der Waals surface area (Å²) in [5.41, 5.74) is 2.70. The summed E-state index contributed by atoms with van der Waals surface area (Å²) in [6.45, 7) is 4.15. The van der Waals surface area contributed by atoms with E-state index < -0.39 is 16.0 Å². The third-order valence-electron chi connectivity index (χ3n) is 5.11. The molecule has 8 heteroatoms. The number of nitrogens with zero attached hydrogens (tertiary/aromatic N) is 2. The molecule has 0 bridgehead atoms. The summed E-state index contributed by atoms with van der Waals surface area (Å²) in [7, 11) is -2.40. The number of aryl methyl sites for hydroxylation is 1. The summed E-state index contributed by atoms with van der Waals surface area (Å²) < 4.78 is 33.4. The summed E-state index contributed by atoms with van der Waals surface area (Å²) in [5, 5.41) is 9.04. The van der Waals surface area contributed by atoms with E-state index >= 15 is 0 Å². The molecule has 0 atom stereocenters. The van der Waals surface area contributed by atoms with Gasteiger partial charge in [0.2, 0.25) is 10.0 Å². The SMILES string of the molecule is COc1ccc(CC(=O)O)cc1S(=O)(=O)N1CCCN(c2ccccc2C)CC1. The molecule has 0 spiro atoms. The molecule has 1 heterocycles. The van der Waals surface area contributed by atoms with Gasteiger partial charge in [-0.15, -0.1) is 0 Å². The molecule has 1 saturated heterocycles. The van der Waals surface area contributed by atoms with Crippen LogP contribution < -0.4 is 9.64 Å². The van der Waals surface area contributed by atoms with E-state index in [4.69, 9.17) is 9.84 Å². The van der Waals surface area contributed by atoms with Crippen molar-refractivity contribution in [3.63, 3.8) is 0 Å². The van der Waals surface area contributed by atoms with Gasteiger partial charge in [-0.1, -0.05) is 24.3 Å². The molecule has 156 valence electrons. The van der Waals surface area contributed by atoms with E-state index in [9.17, 15) is 13.2 Å². The number of sulfonamides is 1. The number of hydrogen-bond donors (Lipinski definition) is 1. The van der Waals surface area contributed by atoms with Crippen molar-refractivity contribution in [1.29, 1.82) is 0 Å². The Balaban J connectivity index is 1.86. The quantitative estimate of drug-likeness (QED) is 0.776. The number of para-hydroxylation sites is 1. The number of rotatable bonds is 6. The second kappa shape index (κ2) is 8.84. The largest absolute Gasteiger partial charge is 0.495 e. The van der Waals surface area contributed by atoms with Crippen molar-refractivity contribution in [2.24, 2.45) is 0 Å². The van der Waals surface area contributed by atoms with Gasteiger partial charge in [-0.2, -0.15) is 4.31 Å². The molecule has 0 unspecified atom stereocenters. The number of carbonyl (C=O) groups is 1. The molecule has 1 N–H and O–H groups in total. The molecule has 29 heavy (non-hydrogen) atoms. The van der Waals surface area contributed by atoms with Gasteiger partial charge in [0.05, 0.1) is 13.5 Å². The lowest BCUT2D eigenvalue weighted by Crippen LogP contribution is -2.35. The number of methoxy groups -OCH3 is 1. The summed E-state index contributed by atoms with van der Waals surface area (Å²) in [4.78, 5) is 13.3. The fourth-order valence-electron chi connectivity index (χ4n) is 3.64. The zero-order valence-corrected chi connectivity index (χ0v) is 17.5.